The van der Waals surface area contributed by atoms with E-state index in [9.17, 15) is 0 Å². The van der Waals surface area contributed by atoms with Crippen LogP contribution in [-0.4, -0.2) is 6.61 Å². The third-order valence-electron chi connectivity index (χ3n) is 3.97. The van der Waals surface area contributed by atoms with Crippen molar-refractivity contribution in [2.75, 3.05) is 6.61 Å². The first-order valence-electron chi connectivity index (χ1n) is 7.24. The first kappa shape index (κ1) is 13.2. The van der Waals surface area contributed by atoms with Crippen molar-refractivity contribution in [1.82, 2.24) is 5.32 Å². The molecule has 1 aliphatic heterocycles. The molecule has 20 heavy (non-hydrogen) atoms. The van der Waals surface area contributed by atoms with E-state index in [0.717, 1.165) is 18.9 Å². The molecule has 0 radical (unpaired) electrons. The van der Waals surface area contributed by atoms with Crippen LogP contribution in [0.3, 0.4) is 0 Å². The minimum atomic E-state index is 0.362. The summed E-state index contributed by atoms with van der Waals surface area (Å²) in [5.41, 5.74) is 3.91. The third kappa shape index (κ3) is 2.70. The van der Waals surface area contributed by atoms with E-state index in [1.807, 2.05) is 6.07 Å². The number of nitrogens with one attached hydrogen (secondary N) is 1. The molecule has 0 saturated heterocycles. The van der Waals surface area contributed by atoms with Gasteiger partial charge in [-0.25, -0.2) is 0 Å². The van der Waals surface area contributed by atoms with Crippen LogP contribution in [-0.2, 0) is 6.54 Å². The predicted molar refractivity (Wildman–Crippen MR) is 81.9 cm³/mol. The second-order valence-electron chi connectivity index (χ2n) is 5.67. The summed E-state index contributed by atoms with van der Waals surface area (Å²) in [7, 11) is 0. The molecule has 2 heteroatoms. The number of aryl methyl sites for hydroxylation is 1. The minimum Gasteiger partial charge on any atom is -0.493 e. The normalized spacial score (nSPS) is 21.1. The first-order chi connectivity index (χ1) is 9.74. The van der Waals surface area contributed by atoms with Crippen molar-refractivity contribution in [3.8, 4) is 5.75 Å². The zero-order chi connectivity index (χ0) is 13.9. The Morgan fingerprint density at radius 3 is 2.65 bits per heavy atom. The number of hydrogen-bond acceptors (Lipinski definition) is 2. The SMILES string of the molecule is Cc1ccc(CNC2c3ccccc3OCC2C)cc1. The van der Waals surface area contributed by atoms with Gasteiger partial charge in [-0.15, -0.1) is 0 Å². The molecule has 0 spiro atoms. The molecule has 2 nitrogen and oxygen atoms in total. The summed E-state index contributed by atoms with van der Waals surface area (Å²) >= 11 is 0. The summed E-state index contributed by atoms with van der Waals surface area (Å²) < 4.78 is 5.79. The van der Waals surface area contributed by atoms with Crippen LogP contribution in [0.1, 0.15) is 29.7 Å². The van der Waals surface area contributed by atoms with Crippen LogP contribution in [0.15, 0.2) is 48.5 Å². The van der Waals surface area contributed by atoms with Gasteiger partial charge in [0.25, 0.3) is 0 Å². The smallest absolute Gasteiger partial charge is 0.124 e. The highest BCUT2D eigenvalue weighted by Gasteiger charge is 2.26. The van der Waals surface area contributed by atoms with Crippen molar-refractivity contribution < 1.29 is 4.74 Å². The lowest BCUT2D eigenvalue weighted by atomic mass is 9.92. The van der Waals surface area contributed by atoms with Gasteiger partial charge in [0, 0.05) is 24.1 Å². The highest BCUT2D eigenvalue weighted by Crippen LogP contribution is 2.35. The Bertz CT molecular complexity index is 576. The molecule has 0 saturated carbocycles. The molecule has 1 N–H and O–H groups in total. The quantitative estimate of drug-likeness (QED) is 0.912. The topological polar surface area (TPSA) is 21.3 Å². The second kappa shape index (κ2) is 5.68. The van der Waals surface area contributed by atoms with Crippen molar-refractivity contribution in [2.24, 2.45) is 5.92 Å². The first-order valence-corrected chi connectivity index (χ1v) is 7.24. The van der Waals surface area contributed by atoms with E-state index in [0.29, 0.717) is 12.0 Å². The minimum absolute atomic E-state index is 0.362. The van der Waals surface area contributed by atoms with E-state index in [4.69, 9.17) is 4.74 Å². The molecule has 1 aliphatic rings. The monoisotopic (exact) mass is 267 g/mol. The van der Waals surface area contributed by atoms with Gasteiger partial charge in [-0.1, -0.05) is 55.0 Å². The Labute approximate surface area is 120 Å². The molecular weight excluding hydrogens is 246 g/mol. The van der Waals surface area contributed by atoms with E-state index in [1.54, 1.807) is 0 Å². The molecule has 0 bridgehead atoms. The van der Waals surface area contributed by atoms with Crippen LogP contribution < -0.4 is 10.1 Å². The molecule has 0 aromatic heterocycles. The molecular formula is C18H21NO. The van der Waals surface area contributed by atoms with E-state index >= 15 is 0 Å². The van der Waals surface area contributed by atoms with Gasteiger partial charge in [0.1, 0.15) is 5.75 Å². The fourth-order valence-electron chi connectivity index (χ4n) is 2.74. The van der Waals surface area contributed by atoms with E-state index in [2.05, 4.69) is 61.6 Å². The zero-order valence-electron chi connectivity index (χ0n) is 12.1. The maximum absolute atomic E-state index is 5.79. The molecule has 2 aromatic rings. The molecule has 1 heterocycles. The van der Waals surface area contributed by atoms with E-state index in [-0.39, 0.29) is 0 Å². The molecule has 2 unspecified atom stereocenters. The summed E-state index contributed by atoms with van der Waals surface area (Å²) in [6.45, 7) is 6.03. The fraction of sp³-hybridized carbons (Fsp3) is 0.333. The second-order valence-corrected chi connectivity index (χ2v) is 5.67. The average Bonchev–Trinajstić information content (AvgIpc) is 2.48. The largest absolute Gasteiger partial charge is 0.493 e. The number of hydrogen-bond donors (Lipinski definition) is 1. The molecule has 2 atom stereocenters. The highest BCUT2D eigenvalue weighted by molar-refractivity contribution is 5.38. The Morgan fingerprint density at radius 1 is 1.10 bits per heavy atom. The van der Waals surface area contributed by atoms with Crippen LogP contribution in [0.4, 0.5) is 0 Å². The van der Waals surface area contributed by atoms with Gasteiger partial charge in [-0.05, 0) is 18.6 Å². The molecule has 2 aromatic carbocycles. The van der Waals surface area contributed by atoms with Crippen molar-refractivity contribution >= 4 is 0 Å². The Morgan fingerprint density at radius 2 is 1.85 bits per heavy atom. The average molecular weight is 267 g/mol. The molecule has 104 valence electrons. The Balaban J connectivity index is 1.75. The van der Waals surface area contributed by atoms with Crippen LogP contribution in [0.25, 0.3) is 0 Å². The highest BCUT2D eigenvalue weighted by atomic mass is 16.5. The molecule has 0 fully saturated rings. The number of para-hydroxylation sites is 1. The number of benzene rings is 2. The van der Waals surface area contributed by atoms with Gasteiger partial charge in [-0.2, -0.15) is 0 Å². The van der Waals surface area contributed by atoms with E-state index in [1.165, 1.54) is 16.7 Å². The number of ether oxygens (including phenoxy) is 1. The Kier molecular flexibility index (Phi) is 3.75. The molecule has 3 rings (SSSR count). The van der Waals surface area contributed by atoms with Gasteiger partial charge in [-0.3, -0.25) is 0 Å². The van der Waals surface area contributed by atoms with Gasteiger partial charge in [0.2, 0.25) is 0 Å². The summed E-state index contributed by atoms with van der Waals surface area (Å²) in [4.78, 5) is 0. The van der Waals surface area contributed by atoms with Gasteiger partial charge < -0.3 is 10.1 Å². The summed E-state index contributed by atoms with van der Waals surface area (Å²) in [6, 6.07) is 17.4. The van der Waals surface area contributed by atoms with Crippen molar-refractivity contribution in [3.05, 3.63) is 65.2 Å². The van der Waals surface area contributed by atoms with Crippen molar-refractivity contribution in [2.45, 2.75) is 26.4 Å². The lowest BCUT2D eigenvalue weighted by Gasteiger charge is -2.32. The number of rotatable bonds is 3. The lowest BCUT2D eigenvalue weighted by Crippen LogP contribution is -2.33. The zero-order valence-corrected chi connectivity index (χ0v) is 12.1. The van der Waals surface area contributed by atoms with Gasteiger partial charge in [0.05, 0.1) is 6.61 Å². The summed E-state index contributed by atoms with van der Waals surface area (Å²) in [5, 5.41) is 3.68. The third-order valence-corrected chi connectivity index (χ3v) is 3.97. The Hall–Kier alpha value is -1.80. The maximum Gasteiger partial charge on any atom is 0.124 e. The summed E-state index contributed by atoms with van der Waals surface area (Å²) in [6.07, 6.45) is 0. The predicted octanol–water partition coefficient (Wildman–Crippen LogP) is 3.85. The van der Waals surface area contributed by atoms with E-state index < -0.39 is 0 Å². The van der Waals surface area contributed by atoms with Crippen molar-refractivity contribution in [1.29, 1.82) is 0 Å². The fourth-order valence-corrected chi connectivity index (χ4v) is 2.74. The van der Waals surface area contributed by atoms with Crippen LogP contribution in [0, 0.1) is 12.8 Å². The van der Waals surface area contributed by atoms with Crippen LogP contribution in [0.5, 0.6) is 5.75 Å². The molecule has 0 amide bonds. The van der Waals surface area contributed by atoms with Crippen molar-refractivity contribution in [3.63, 3.8) is 0 Å². The number of fused-ring (bicyclic) bond motifs is 1. The molecule has 0 aliphatic carbocycles. The van der Waals surface area contributed by atoms with Crippen LogP contribution in [0.2, 0.25) is 0 Å². The summed E-state index contributed by atoms with van der Waals surface area (Å²) in [5.74, 6) is 1.50. The van der Waals surface area contributed by atoms with Crippen LogP contribution >= 0.6 is 0 Å². The maximum atomic E-state index is 5.79. The lowest BCUT2D eigenvalue weighted by molar-refractivity contribution is 0.188. The standard InChI is InChI=1S/C18H21NO/c1-13-7-9-15(10-8-13)11-19-18-14(2)12-20-17-6-4-3-5-16(17)18/h3-10,14,18-19H,11-12H2,1-2H3. The van der Waals surface area contributed by atoms with Gasteiger partial charge >= 0.3 is 0 Å². The van der Waals surface area contributed by atoms with Gasteiger partial charge in [0.15, 0.2) is 0 Å².